The molecule has 1 aliphatic heterocycles. The van der Waals surface area contributed by atoms with Crippen molar-refractivity contribution in [3.63, 3.8) is 0 Å². The lowest BCUT2D eigenvalue weighted by Gasteiger charge is -2.32. The Labute approximate surface area is 119 Å². The molecule has 1 aromatic heterocycles. The van der Waals surface area contributed by atoms with Crippen LogP contribution in [0.5, 0.6) is 0 Å². The largest absolute Gasteiger partial charge is 0.347 e. The van der Waals surface area contributed by atoms with Gasteiger partial charge in [-0.3, -0.25) is 4.79 Å². The molecule has 1 N–H and O–H groups in total. The highest BCUT2D eigenvalue weighted by molar-refractivity contribution is 5.92. The molecule has 2 heterocycles. The second-order valence-corrected chi connectivity index (χ2v) is 4.98. The molecule has 6 nitrogen and oxygen atoms in total. The van der Waals surface area contributed by atoms with Crippen molar-refractivity contribution in [2.45, 2.75) is 6.92 Å². The van der Waals surface area contributed by atoms with Crippen LogP contribution >= 0.6 is 0 Å². The van der Waals surface area contributed by atoms with Gasteiger partial charge in [0.2, 0.25) is 5.95 Å². The number of aromatic nitrogens is 2. The lowest BCUT2D eigenvalue weighted by Crippen LogP contribution is -2.45. The molecule has 1 aliphatic rings. The van der Waals surface area contributed by atoms with E-state index in [9.17, 15) is 4.79 Å². The number of amides is 1. The van der Waals surface area contributed by atoms with Crippen LogP contribution in [0.3, 0.4) is 0 Å². The van der Waals surface area contributed by atoms with Gasteiger partial charge in [0, 0.05) is 38.4 Å². The summed E-state index contributed by atoms with van der Waals surface area (Å²) in [5.74, 6) is 0.452. The molecule has 1 amide bonds. The predicted molar refractivity (Wildman–Crippen MR) is 79.0 cm³/mol. The fraction of sp³-hybridized carbons (Fsp3) is 0.500. The van der Waals surface area contributed by atoms with E-state index < -0.39 is 0 Å². The average molecular weight is 275 g/mol. The van der Waals surface area contributed by atoms with Crippen molar-refractivity contribution < 1.29 is 4.79 Å². The molecule has 1 aromatic rings. The van der Waals surface area contributed by atoms with Gasteiger partial charge in [-0.25, -0.2) is 9.97 Å². The van der Waals surface area contributed by atoms with E-state index in [2.05, 4.69) is 38.7 Å². The number of nitrogens with one attached hydrogen (secondary N) is 1. The Morgan fingerprint density at radius 2 is 2.10 bits per heavy atom. The molecule has 1 saturated heterocycles. The Bertz CT molecular complexity index is 494. The normalized spacial score (nSPS) is 16.0. The van der Waals surface area contributed by atoms with Crippen molar-refractivity contribution in [3.05, 3.63) is 30.1 Å². The number of likely N-dealkylation sites (N-methyl/N-ethyl adjacent to an activating group) is 1. The van der Waals surface area contributed by atoms with Crippen LogP contribution in [0.1, 0.15) is 16.2 Å². The predicted octanol–water partition coefficient (Wildman–Crippen LogP) is 0.453. The second kappa shape index (κ2) is 6.47. The molecule has 0 aromatic carbocycles. The lowest BCUT2D eigenvalue weighted by molar-refractivity contribution is 0.0953. The summed E-state index contributed by atoms with van der Waals surface area (Å²) in [6.07, 6.45) is 1.65. The molecule has 0 bridgehead atoms. The topological polar surface area (TPSA) is 61.4 Å². The summed E-state index contributed by atoms with van der Waals surface area (Å²) in [7, 11) is 2.10. The first-order valence-corrected chi connectivity index (χ1v) is 6.78. The number of aryl methyl sites for hydroxylation is 1. The van der Waals surface area contributed by atoms with Crippen LogP contribution in [0.4, 0.5) is 5.95 Å². The zero-order valence-corrected chi connectivity index (χ0v) is 12.1. The molecular weight excluding hydrogens is 254 g/mol. The molecule has 20 heavy (non-hydrogen) atoms. The molecule has 0 saturated carbocycles. The number of hydrogen-bond acceptors (Lipinski definition) is 5. The van der Waals surface area contributed by atoms with Gasteiger partial charge in [-0.15, -0.1) is 6.58 Å². The van der Waals surface area contributed by atoms with Crippen LogP contribution < -0.4 is 10.2 Å². The van der Waals surface area contributed by atoms with E-state index >= 15 is 0 Å². The summed E-state index contributed by atoms with van der Waals surface area (Å²) in [4.78, 5) is 25.2. The van der Waals surface area contributed by atoms with Gasteiger partial charge in [0.25, 0.3) is 5.91 Å². The number of anilines is 1. The van der Waals surface area contributed by atoms with Crippen molar-refractivity contribution in [3.8, 4) is 0 Å². The first-order chi connectivity index (χ1) is 9.60. The molecule has 6 heteroatoms. The van der Waals surface area contributed by atoms with Crippen LogP contribution in [0, 0.1) is 6.92 Å². The van der Waals surface area contributed by atoms with Gasteiger partial charge in [-0.2, -0.15) is 0 Å². The van der Waals surface area contributed by atoms with Crippen molar-refractivity contribution in [2.24, 2.45) is 0 Å². The van der Waals surface area contributed by atoms with Gasteiger partial charge in [0.05, 0.1) is 0 Å². The zero-order valence-electron chi connectivity index (χ0n) is 12.1. The summed E-state index contributed by atoms with van der Waals surface area (Å²) in [5.41, 5.74) is 1.21. The van der Waals surface area contributed by atoms with E-state index in [-0.39, 0.29) is 5.91 Å². The summed E-state index contributed by atoms with van der Waals surface area (Å²) < 4.78 is 0. The van der Waals surface area contributed by atoms with Crippen LogP contribution in [-0.4, -0.2) is 60.5 Å². The molecule has 1 fully saturated rings. The quantitative estimate of drug-likeness (QED) is 0.809. The van der Waals surface area contributed by atoms with E-state index in [1.54, 1.807) is 12.1 Å². The molecule has 0 atom stereocenters. The van der Waals surface area contributed by atoms with Gasteiger partial charge in [-0.1, -0.05) is 6.08 Å². The summed E-state index contributed by atoms with van der Waals surface area (Å²) in [6.45, 7) is 9.63. The van der Waals surface area contributed by atoms with Crippen LogP contribution in [0.2, 0.25) is 0 Å². The Kier molecular flexibility index (Phi) is 4.68. The maximum Gasteiger partial charge on any atom is 0.270 e. The molecule has 0 radical (unpaired) electrons. The average Bonchev–Trinajstić information content (AvgIpc) is 2.44. The van der Waals surface area contributed by atoms with Gasteiger partial charge in [0.1, 0.15) is 5.69 Å². The third-order valence-electron chi connectivity index (χ3n) is 3.27. The van der Waals surface area contributed by atoms with E-state index in [4.69, 9.17) is 0 Å². The Balaban J connectivity index is 2.15. The standard InChI is InChI=1S/C14H21N5O/c1-4-5-15-13(20)12-10-11(2)16-14(17-12)19-8-6-18(3)7-9-19/h4,10H,1,5-9H2,2-3H3,(H,15,20). The smallest absolute Gasteiger partial charge is 0.270 e. The van der Waals surface area contributed by atoms with Gasteiger partial charge < -0.3 is 15.1 Å². The van der Waals surface area contributed by atoms with Crippen LogP contribution in [0.15, 0.2) is 18.7 Å². The van der Waals surface area contributed by atoms with Gasteiger partial charge in [-0.05, 0) is 20.0 Å². The van der Waals surface area contributed by atoms with Crippen molar-refractivity contribution in [1.82, 2.24) is 20.2 Å². The molecule has 2 rings (SSSR count). The molecular formula is C14H21N5O. The number of hydrogen-bond donors (Lipinski definition) is 1. The highest BCUT2D eigenvalue weighted by Crippen LogP contribution is 2.12. The van der Waals surface area contributed by atoms with E-state index in [0.717, 1.165) is 31.9 Å². The fourth-order valence-corrected chi connectivity index (χ4v) is 2.07. The Morgan fingerprint density at radius 3 is 2.75 bits per heavy atom. The second-order valence-electron chi connectivity index (χ2n) is 4.98. The zero-order chi connectivity index (χ0) is 14.5. The Morgan fingerprint density at radius 1 is 1.40 bits per heavy atom. The van der Waals surface area contributed by atoms with Crippen LogP contribution in [-0.2, 0) is 0 Å². The fourth-order valence-electron chi connectivity index (χ4n) is 2.07. The molecule has 108 valence electrons. The minimum absolute atomic E-state index is 0.189. The molecule has 0 unspecified atom stereocenters. The van der Waals surface area contributed by atoms with Gasteiger partial charge in [0.15, 0.2) is 0 Å². The third-order valence-corrected chi connectivity index (χ3v) is 3.27. The van der Waals surface area contributed by atoms with Crippen molar-refractivity contribution >= 4 is 11.9 Å². The highest BCUT2D eigenvalue weighted by Gasteiger charge is 2.18. The number of carbonyl (C=O) groups excluding carboxylic acids is 1. The highest BCUT2D eigenvalue weighted by atomic mass is 16.1. The maximum atomic E-state index is 12.0. The lowest BCUT2D eigenvalue weighted by atomic mass is 10.3. The van der Waals surface area contributed by atoms with Crippen molar-refractivity contribution in [1.29, 1.82) is 0 Å². The monoisotopic (exact) mass is 275 g/mol. The number of nitrogens with zero attached hydrogens (tertiary/aromatic N) is 4. The van der Waals surface area contributed by atoms with Gasteiger partial charge >= 0.3 is 0 Å². The molecule has 0 spiro atoms. The summed E-state index contributed by atoms with van der Waals surface area (Å²) >= 11 is 0. The Hall–Kier alpha value is -1.95. The number of carbonyl (C=O) groups is 1. The third kappa shape index (κ3) is 3.54. The minimum Gasteiger partial charge on any atom is -0.347 e. The number of rotatable bonds is 4. The SMILES string of the molecule is C=CCNC(=O)c1cc(C)nc(N2CCN(C)CC2)n1. The maximum absolute atomic E-state index is 12.0. The van der Waals surface area contributed by atoms with Crippen LogP contribution in [0.25, 0.3) is 0 Å². The van der Waals surface area contributed by atoms with E-state index in [1.165, 1.54) is 0 Å². The summed E-state index contributed by atoms with van der Waals surface area (Å²) in [6, 6.07) is 1.71. The first kappa shape index (κ1) is 14.5. The molecule has 0 aliphatic carbocycles. The van der Waals surface area contributed by atoms with Crippen molar-refractivity contribution in [2.75, 3.05) is 44.7 Å². The summed E-state index contributed by atoms with van der Waals surface area (Å²) in [5, 5.41) is 2.74. The van der Waals surface area contributed by atoms with E-state index in [1.807, 2.05) is 6.92 Å². The first-order valence-electron chi connectivity index (χ1n) is 6.78. The van der Waals surface area contributed by atoms with E-state index in [0.29, 0.717) is 18.2 Å². The number of piperazine rings is 1. The minimum atomic E-state index is -0.189.